The fraction of sp³-hybridized carbons (Fsp3) is 0.300. The van der Waals surface area contributed by atoms with Gasteiger partial charge >= 0.3 is 0 Å². The summed E-state index contributed by atoms with van der Waals surface area (Å²) in [4.78, 5) is 27.5. The van der Waals surface area contributed by atoms with Gasteiger partial charge in [-0.1, -0.05) is 18.2 Å². The predicted molar refractivity (Wildman–Crippen MR) is 99.6 cm³/mol. The standard InChI is InChI=1S/C20H21N5O2/c1-24-12-9-22-19(24)20(26)25-10-7-15(8-11-25)17-13-21-14-18(23-17)27-16-5-3-2-4-6-16/h2-6,9,12-15H,7-8,10-11H2,1H3. The molecule has 7 heteroatoms. The van der Waals surface area contributed by atoms with Gasteiger partial charge in [0.2, 0.25) is 5.88 Å². The minimum absolute atomic E-state index is 0.0202. The van der Waals surface area contributed by atoms with E-state index in [0.717, 1.165) is 24.3 Å². The van der Waals surface area contributed by atoms with Gasteiger partial charge in [0.1, 0.15) is 5.75 Å². The zero-order valence-corrected chi connectivity index (χ0v) is 15.2. The minimum atomic E-state index is -0.0202. The molecule has 2 aromatic heterocycles. The summed E-state index contributed by atoms with van der Waals surface area (Å²) in [5.41, 5.74) is 0.910. The Morgan fingerprint density at radius 2 is 1.93 bits per heavy atom. The summed E-state index contributed by atoms with van der Waals surface area (Å²) in [7, 11) is 1.83. The van der Waals surface area contributed by atoms with Gasteiger partial charge in [-0.15, -0.1) is 0 Å². The highest BCUT2D eigenvalue weighted by Gasteiger charge is 2.27. The molecule has 0 aliphatic carbocycles. The first kappa shape index (κ1) is 17.2. The molecule has 3 aromatic rings. The Bertz CT molecular complexity index is 917. The molecule has 4 rings (SSSR count). The van der Waals surface area contributed by atoms with E-state index in [2.05, 4.69) is 15.0 Å². The molecular formula is C20H21N5O2. The molecule has 1 aromatic carbocycles. The van der Waals surface area contributed by atoms with Gasteiger partial charge in [0.15, 0.2) is 5.82 Å². The molecule has 0 atom stereocenters. The summed E-state index contributed by atoms with van der Waals surface area (Å²) in [5, 5.41) is 0. The maximum Gasteiger partial charge on any atom is 0.289 e. The second-order valence-electron chi connectivity index (χ2n) is 6.63. The average Bonchev–Trinajstić information content (AvgIpc) is 3.14. The number of nitrogens with zero attached hydrogens (tertiary/aromatic N) is 5. The normalized spacial score (nSPS) is 14.9. The number of piperidine rings is 1. The van der Waals surface area contributed by atoms with Gasteiger partial charge in [-0.2, -0.15) is 0 Å². The third-order valence-corrected chi connectivity index (χ3v) is 4.81. The Balaban J connectivity index is 1.40. The van der Waals surface area contributed by atoms with Crippen LogP contribution in [0.5, 0.6) is 11.6 Å². The number of aryl methyl sites for hydroxylation is 1. The molecule has 0 saturated carbocycles. The second-order valence-corrected chi connectivity index (χ2v) is 6.63. The van der Waals surface area contributed by atoms with Gasteiger partial charge in [-0.3, -0.25) is 9.78 Å². The first-order valence-corrected chi connectivity index (χ1v) is 9.02. The van der Waals surface area contributed by atoms with E-state index in [9.17, 15) is 4.79 Å². The van der Waals surface area contributed by atoms with E-state index < -0.39 is 0 Å². The molecule has 138 valence electrons. The molecule has 0 bridgehead atoms. The lowest BCUT2D eigenvalue weighted by Crippen LogP contribution is -2.39. The maximum absolute atomic E-state index is 12.6. The Hall–Kier alpha value is -3.22. The van der Waals surface area contributed by atoms with Gasteiger partial charge in [0.05, 0.1) is 11.9 Å². The van der Waals surface area contributed by atoms with Crippen LogP contribution >= 0.6 is 0 Å². The number of aromatic nitrogens is 4. The summed E-state index contributed by atoms with van der Waals surface area (Å²) in [6.07, 6.45) is 8.54. The molecule has 0 radical (unpaired) electrons. The van der Waals surface area contributed by atoms with Gasteiger partial charge in [-0.25, -0.2) is 9.97 Å². The molecule has 27 heavy (non-hydrogen) atoms. The molecule has 0 unspecified atom stereocenters. The van der Waals surface area contributed by atoms with E-state index in [4.69, 9.17) is 4.74 Å². The first-order chi connectivity index (χ1) is 13.2. The van der Waals surface area contributed by atoms with Crippen molar-refractivity contribution in [2.45, 2.75) is 18.8 Å². The number of amides is 1. The van der Waals surface area contributed by atoms with Crippen LogP contribution in [0.15, 0.2) is 55.1 Å². The third-order valence-electron chi connectivity index (χ3n) is 4.81. The van der Waals surface area contributed by atoms with E-state index in [1.54, 1.807) is 29.4 Å². The highest BCUT2D eigenvalue weighted by atomic mass is 16.5. The number of hydrogen-bond acceptors (Lipinski definition) is 5. The molecule has 0 spiro atoms. The van der Waals surface area contributed by atoms with Crippen molar-refractivity contribution < 1.29 is 9.53 Å². The molecular weight excluding hydrogens is 342 g/mol. The number of hydrogen-bond donors (Lipinski definition) is 0. The van der Waals surface area contributed by atoms with Crippen molar-refractivity contribution in [2.75, 3.05) is 13.1 Å². The SMILES string of the molecule is Cn1ccnc1C(=O)N1CCC(c2cncc(Oc3ccccc3)n2)CC1. The molecule has 7 nitrogen and oxygen atoms in total. The number of carbonyl (C=O) groups is 1. The number of benzene rings is 1. The highest BCUT2D eigenvalue weighted by molar-refractivity contribution is 5.90. The van der Waals surface area contributed by atoms with Crippen LogP contribution in [0.25, 0.3) is 0 Å². The molecule has 1 saturated heterocycles. The van der Waals surface area contributed by atoms with Crippen LogP contribution < -0.4 is 4.74 Å². The fourth-order valence-electron chi connectivity index (χ4n) is 3.31. The topological polar surface area (TPSA) is 73.1 Å². The lowest BCUT2D eigenvalue weighted by Gasteiger charge is -2.31. The van der Waals surface area contributed by atoms with E-state index >= 15 is 0 Å². The van der Waals surface area contributed by atoms with Crippen molar-refractivity contribution in [3.8, 4) is 11.6 Å². The summed E-state index contributed by atoms with van der Waals surface area (Å²) in [5.74, 6) is 1.95. The fourth-order valence-corrected chi connectivity index (χ4v) is 3.31. The zero-order valence-electron chi connectivity index (χ0n) is 15.2. The van der Waals surface area contributed by atoms with Crippen LogP contribution in [-0.4, -0.2) is 43.4 Å². The van der Waals surface area contributed by atoms with Gasteiger partial charge in [0, 0.05) is 44.6 Å². The van der Waals surface area contributed by atoms with Crippen molar-refractivity contribution in [1.29, 1.82) is 0 Å². The van der Waals surface area contributed by atoms with Crippen molar-refractivity contribution in [2.24, 2.45) is 7.05 Å². The van der Waals surface area contributed by atoms with Crippen LogP contribution in [-0.2, 0) is 7.05 Å². The Kier molecular flexibility index (Phi) is 4.82. The molecule has 3 heterocycles. The Morgan fingerprint density at radius 1 is 1.15 bits per heavy atom. The number of imidazole rings is 1. The lowest BCUT2D eigenvalue weighted by molar-refractivity contribution is 0.0696. The zero-order chi connectivity index (χ0) is 18.6. The molecule has 1 aliphatic rings. The van der Waals surface area contributed by atoms with Crippen molar-refractivity contribution in [1.82, 2.24) is 24.4 Å². The summed E-state index contributed by atoms with van der Waals surface area (Å²) in [6.45, 7) is 1.36. The van der Waals surface area contributed by atoms with E-state index in [1.165, 1.54) is 0 Å². The molecule has 1 amide bonds. The molecule has 1 aliphatic heterocycles. The Morgan fingerprint density at radius 3 is 2.63 bits per heavy atom. The number of para-hydroxylation sites is 1. The quantitative estimate of drug-likeness (QED) is 0.712. The highest BCUT2D eigenvalue weighted by Crippen LogP contribution is 2.28. The average molecular weight is 363 g/mol. The second kappa shape index (κ2) is 7.57. The largest absolute Gasteiger partial charge is 0.437 e. The summed E-state index contributed by atoms with van der Waals surface area (Å²) >= 11 is 0. The number of likely N-dealkylation sites (tertiary alicyclic amines) is 1. The van der Waals surface area contributed by atoms with Crippen LogP contribution in [0.4, 0.5) is 0 Å². The van der Waals surface area contributed by atoms with Crippen LogP contribution in [0.3, 0.4) is 0 Å². The van der Waals surface area contributed by atoms with Gasteiger partial charge in [0.25, 0.3) is 5.91 Å². The van der Waals surface area contributed by atoms with Gasteiger partial charge < -0.3 is 14.2 Å². The number of carbonyl (C=O) groups excluding carboxylic acids is 1. The van der Waals surface area contributed by atoms with E-state index in [1.807, 2.05) is 42.3 Å². The van der Waals surface area contributed by atoms with Crippen molar-refractivity contribution >= 4 is 5.91 Å². The van der Waals surface area contributed by atoms with E-state index in [0.29, 0.717) is 24.8 Å². The third kappa shape index (κ3) is 3.81. The van der Waals surface area contributed by atoms with Gasteiger partial charge in [-0.05, 0) is 25.0 Å². The maximum atomic E-state index is 12.6. The number of ether oxygens (including phenoxy) is 1. The van der Waals surface area contributed by atoms with Crippen LogP contribution in [0.2, 0.25) is 0 Å². The number of rotatable bonds is 4. The lowest BCUT2D eigenvalue weighted by atomic mass is 9.93. The predicted octanol–water partition coefficient (Wildman–Crippen LogP) is 3.02. The van der Waals surface area contributed by atoms with Crippen LogP contribution in [0.1, 0.15) is 35.1 Å². The summed E-state index contributed by atoms with van der Waals surface area (Å²) in [6, 6.07) is 9.54. The van der Waals surface area contributed by atoms with Crippen molar-refractivity contribution in [3.63, 3.8) is 0 Å². The van der Waals surface area contributed by atoms with Crippen molar-refractivity contribution in [3.05, 3.63) is 66.6 Å². The monoisotopic (exact) mass is 363 g/mol. The van der Waals surface area contributed by atoms with E-state index in [-0.39, 0.29) is 11.8 Å². The first-order valence-electron chi connectivity index (χ1n) is 9.02. The Labute approximate surface area is 157 Å². The summed E-state index contributed by atoms with van der Waals surface area (Å²) < 4.78 is 7.54. The smallest absolute Gasteiger partial charge is 0.289 e. The molecule has 0 N–H and O–H groups in total. The van der Waals surface area contributed by atoms with Crippen LogP contribution in [0, 0.1) is 0 Å². The molecule has 1 fully saturated rings. The minimum Gasteiger partial charge on any atom is -0.437 e.